The van der Waals surface area contributed by atoms with Crippen LogP contribution in [-0.4, -0.2) is 18.1 Å². The van der Waals surface area contributed by atoms with Gasteiger partial charge in [-0.1, -0.05) is 0 Å². The Labute approximate surface area is 102 Å². The number of thiazole rings is 1. The first-order valence-corrected chi connectivity index (χ1v) is 5.97. The minimum Gasteiger partial charge on any atom is -0.454 e. The zero-order chi connectivity index (χ0) is 11.8. The Morgan fingerprint density at radius 2 is 2.12 bits per heavy atom. The summed E-state index contributed by atoms with van der Waals surface area (Å²) in [6.45, 7) is 2.25. The largest absolute Gasteiger partial charge is 0.454 e. The smallest absolute Gasteiger partial charge is 0.231 e. The van der Waals surface area contributed by atoms with Crippen molar-refractivity contribution in [2.75, 3.05) is 6.79 Å². The Balaban J connectivity index is 2.11. The van der Waals surface area contributed by atoms with Crippen LogP contribution in [0.2, 0.25) is 0 Å². The van der Waals surface area contributed by atoms with Crippen LogP contribution in [-0.2, 0) is 0 Å². The van der Waals surface area contributed by atoms with E-state index in [0.29, 0.717) is 5.69 Å². The first kappa shape index (κ1) is 10.3. The molecule has 0 radical (unpaired) electrons. The molecule has 1 aromatic heterocycles. The highest BCUT2D eigenvalue weighted by Crippen LogP contribution is 2.39. The summed E-state index contributed by atoms with van der Waals surface area (Å²) in [5.41, 5.74) is 2.50. The lowest BCUT2D eigenvalue weighted by Gasteiger charge is -2.04. The summed E-state index contributed by atoms with van der Waals surface area (Å²) in [6.07, 6.45) is 0.752. The lowest BCUT2D eigenvalue weighted by molar-refractivity contribution is 0.111. The number of ether oxygens (including phenoxy) is 2. The third-order valence-corrected chi connectivity index (χ3v) is 3.49. The molecule has 0 N–H and O–H groups in total. The SMILES string of the molecule is Cc1cc2c(cc1-c1nc(C=O)cs1)OCO2. The Kier molecular flexibility index (Phi) is 2.33. The van der Waals surface area contributed by atoms with Crippen LogP contribution >= 0.6 is 11.3 Å². The molecular weight excluding hydrogens is 238 g/mol. The van der Waals surface area contributed by atoms with Crippen LogP contribution < -0.4 is 9.47 Å². The van der Waals surface area contributed by atoms with Crippen LogP contribution in [0.15, 0.2) is 17.5 Å². The van der Waals surface area contributed by atoms with Gasteiger partial charge in [0, 0.05) is 10.9 Å². The molecule has 0 fully saturated rings. The summed E-state index contributed by atoms with van der Waals surface area (Å²) in [5.74, 6) is 1.49. The molecule has 4 nitrogen and oxygen atoms in total. The molecule has 1 aliphatic rings. The number of aldehydes is 1. The van der Waals surface area contributed by atoms with Crippen LogP contribution in [0, 0.1) is 6.92 Å². The molecule has 2 heterocycles. The van der Waals surface area contributed by atoms with Crippen LogP contribution in [0.4, 0.5) is 0 Å². The monoisotopic (exact) mass is 247 g/mol. The van der Waals surface area contributed by atoms with E-state index in [-0.39, 0.29) is 6.79 Å². The average Bonchev–Trinajstić information content (AvgIpc) is 2.94. The maximum absolute atomic E-state index is 10.6. The van der Waals surface area contributed by atoms with Crippen molar-refractivity contribution in [1.82, 2.24) is 4.98 Å². The molecule has 2 aromatic rings. The summed E-state index contributed by atoms with van der Waals surface area (Å²) in [7, 11) is 0. The van der Waals surface area contributed by atoms with Gasteiger partial charge in [-0.2, -0.15) is 0 Å². The summed E-state index contributed by atoms with van der Waals surface area (Å²) in [6, 6.07) is 3.84. The molecule has 1 aromatic carbocycles. The molecule has 3 rings (SSSR count). The van der Waals surface area contributed by atoms with E-state index in [0.717, 1.165) is 33.9 Å². The number of benzene rings is 1. The van der Waals surface area contributed by atoms with Crippen LogP contribution in [0.25, 0.3) is 10.6 Å². The number of hydrogen-bond donors (Lipinski definition) is 0. The number of hydrogen-bond acceptors (Lipinski definition) is 5. The number of nitrogens with zero attached hydrogens (tertiary/aromatic N) is 1. The van der Waals surface area contributed by atoms with E-state index >= 15 is 0 Å². The second-order valence-corrected chi connectivity index (χ2v) is 4.57. The Bertz CT molecular complexity index is 591. The fourth-order valence-electron chi connectivity index (χ4n) is 1.74. The molecule has 0 bridgehead atoms. The maximum atomic E-state index is 10.6. The lowest BCUT2D eigenvalue weighted by atomic mass is 10.1. The fraction of sp³-hybridized carbons (Fsp3) is 0.167. The highest BCUT2D eigenvalue weighted by Gasteiger charge is 2.17. The standard InChI is InChI=1S/C12H9NO3S/c1-7-2-10-11(16-6-15-10)3-9(7)12-13-8(4-14)5-17-12/h2-5H,6H2,1H3. The number of fused-ring (bicyclic) bond motifs is 1. The highest BCUT2D eigenvalue weighted by molar-refractivity contribution is 7.13. The van der Waals surface area contributed by atoms with Crippen LogP contribution in [0.5, 0.6) is 11.5 Å². The van der Waals surface area contributed by atoms with E-state index in [1.807, 2.05) is 19.1 Å². The van der Waals surface area contributed by atoms with Crippen molar-refractivity contribution in [3.05, 3.63) is 28.8 Å². The second-order valence-electron chi connectivity index (χ2n) is 3.72. The highest BCUT2D eigenvalue weighted by atomic mass is 32.1. The van der Waals surface area contributed by atoms with Crippen molar-refractivity contribution in [2.24, 2.45) is 0 Å². The van der Waals surface area contributed by atoms with E-state index in [2.05, 4.69) is 4.98 Å². The van der Waals surface area contributed by atoms with Crippen molar-refractivity contribution in [3.63, 3.8) is 0 Å². The number of aromatic nitrogens is 1. The van der Waals surface area contributed by atoms with Gasteiger partial charge in [0.25, 0.3) is 0 Å². The molecule has 86 valence electrons. The van der Waals surface area contributed by atoms with Crippen molar-refractivity contribution >= 4 is 17.6 Å². The Morgan fingerprint density at radius 1 is 1.35 bits per heavy atom. The van der Waals surface area contributed by atoms with Gasteiger partial charge < -0.3 is 9.47 Å². The maximum Gasteiger partial charge on any atom is 0.231 e. The van der Waals surface area contributed by atoms with Gasteiger partial charge >= 0.3 is 0 Å². The molecule has 0 spiro atoms. The summed E-state index contributed by atoms with van der Waals surface area (Å²) >= 11 is 1.45. The molecule has 0 unspecified atom stereocenters. The second kappa shape index (κ2) is 3.85. The number of rotatable bonds is 2. The zero-order valence-electron chi connectivity index (χ0n) is 9.10. The van der Waals surface area contributed by atoms with Crippen LogP contribution in [0.3, 0.4) is 0 Å². The Hall–Kier alpha value is -1.88. The Morgan fingerprint density at radius 3 is 2.82 bits per heavy atom. The summed E-state index contributed by atoms with van der Waals surface area (Å²) in [5, 5.41) is 2.56. The zero-order valence-corrected chi connectivity index (χ0v) is 9.91. The van der Waals surface area contributed by atoms with E-state index in [1.165, 1.54) is 11.3 Å². The summed E-state index contributed by atoms with van der Waals surface area (Å²) < 4.78 is 10.6. The van der Waals surface area contributed by atoms with E-state index in [4.69, 9.17) is 9.47 Å². The molecule has 1 aliphatic heterocycles. The summed E-state index contributed by atoms with van der Waals surface area (Å²) in [4.78, 5) is 14.9. The van der Waals surface area contributed by atoms with Gasteiger partial charge in [0.15, 0.2) is 17.8 Å². The minimum atomic E-state index is 0.260. The van der Waals surface area contributed by atoms with E-state index in [9.17, 15) is 4.79 Å². The molecule has 5 heteroatoms. The lowest BCUT2D eigenvalue weighted by Crippen LogP contribution is -1.92. The van der Waals surface area contributed by atoms with E-state index in [1.54, 1.807) is 5.38 Å². The first-order valence-electron chi connectivity index (χ1n) is 5.09. The first-order chi connectivity index (χ1) is 8.28. The van der Waals surface area contributed by atoms with Crippen molar-refractivity contribution in [2.45, 2.75) is 6.92 Å². The van der Waals surface area contributed by atoms with Gasteiger partial charge in [-0.05, 0) is 24.6 Å². The number of carbonyl (C=O) groups excluding carboxylic acids is 1. The molecule has 0 aliphatic carbocycles. The fourth-order valence-corrected chi connectivity index (χ4v) is 2.58. The third kappa shape index (κ3) is 1.68. The predicted octanol–water partition coefficient (Wildman–Crippen LogP) is 2.66. The molecule has 17 heavy (non-hydrogen) atoms. The van der Waals surface area contributed by atoms with Gasteiger partial charge in [0.2, 0.25) is 6.79 Å². The molecule has 0 saturated heterocycles. The van der Waals surface area contributed by atoms with Crippen molar-refractivity contribution in [1.29, 1.82) is 0 Å². The predicted molar refractivity (Wildman–Crippen MR) is 63.8 cm³/mol. The molecule has 0 saturated carbocycles. The topological polar surface area (TPSA) is 48.4 Å². The third-order valence-electron chi connectivity index (χ3n) is 2.59. The number of carbonyl (C=O) groups is 1. The molecule has 0 amide bonds. The average molecular weight is 247 g/mol. The van der Waals surface area contributed by atoms with Crippen molar-refractivity contribution < 1.29 is 14.3 Å². The number of aryl methyl sites for hydroxylation is 1. The minimum absolute atomic E-state index is 0.260. The van der Waals surface area contributed by atoms with E-state index < -0.39 is 0 Å². The molecular formula is C12H9NO3S. The normalized spacial score (nSPS) is 12.8. The van der Waals surface area contributed by atoms with Crippen molar-refractivity contribution in [3.8, 4) is 22.1 Å². The van der Waals surface area contributed by atoms with Gasteiger partial charge in [0.05, 0.1) is 0 Å². The quantitative estimate of drug-likeness (QED) is 0.765. The van der Waals surface area contributed by atoms with Crippen LogP contribution in [0.1, 0.15) is 16.1 Å². The van der Waals surface area contributed by atoms with Gasteiger partial charge in [-0.15, -0.1) is 11.3 Å². The van der Waals surface area contributed by atoms with Gasteiger partial charge in [0.1, 0.15) is 10.7 Å². The van der Waals surface area contributed by atoms with Gasteiger partial charge in [-0.3, -0.25) is 4.79 Å². The molecule has 0 atom stereocenters. The van der Waals surface area contributed by atoms with Gasteiger partial charge in [-0.25, -0.2) is 4.98 Å².